The monoisotopic (exact) mass is 620 g/mol. The zero-order valence-corrected chi connectivity index (χ0v) is 27.4. The molecule has 0 amide bonds. The fourth-order valence-electron chi connectivity index (χ4n) is 7.52. The van der Waals surface area contributed by atoms with E-state index in [1.807, 2.05) is 48.2 Å². The van der Waals surface area contributed by atoms with E-state index < -0.39 is 11.9 Å². The minimum absolute atomic E-state index is 0.00636. The van der Waals surface area contributed by atoms with Crippen LogP contribution in [-0.4, -0.2) is 35.6 Å². The second-order valence-electron chi connectivity index (χ2n) is 14.4. The van der Waals surface area contributed by atoms with Crippen LogP contribution in [0.4, 0.5) is 0 Å². The average molecular weight is 621 g/mol. The molecule has 0 fully saturated rings. The summed E-state index contributed by atoms with van der Waals surface area (Å²) in [6.07, 6.45) is 1.72. The quantitative estimate of drug-likeness (QED) is 0.265. The molecular weight excluding hydrogens is 578 g/mol. The van der Waals surface area contributed by atoms with Crippen molar-refractivity contribution in [2.24, 2.45) is 10.8 Å². The smallest absolute Gasteiger partial charge is 0.162 e. The standard InChI is InChI=1S/C39H43NO6/c1-6-45-33-18-25(14-15-32(33)46-23-26-12-9-11-24-10-7-8-13-27(24)26)35-36-28(19-38(2,3)21-30(36)41)40(17-16-34(43)44)29-20-39(4,5)22-31(42)37(29)35/h7-15,18,35H,6,16-17,19-23H2,1-5H3,(H,43,44)/p-1. The molecule has 6 rings (SSSR count). The summed E-state index contributed by atoms with van der Waals surface area (Å²) >= 11 is 0. The van der Waals surface area contributed by atoms with Gasteiger partial charge in [0.15, 0.2) is 23.1 Å². The van der Waals surface area contributed by atoms with Crippen molar-refractivity contribution in [3.8, 4) is 11.5 Å². The Labute approximate surface area is 270 Å². The maximum absolute atomic E-state index is 14.1. The minimum Gasteiger partial charge on any atom is -0.550 e. The highest BCUT2D eigenvalue weighted by molar-refractivity contribution is 6.07. The normalized spacial score (nSPS) is 19.3. The number of allylic oxidation sites excluding steroid dienone is 4. The van der Waals surface area contributed by atoms with Crippen molar-refractivity contribution < 1.29 is 29.0 Å². The predicted molar refractivity (Wildman–Crippen MR) is 175 cm³/mol. The third-order valence-electron chi connectivity index (χ3n) is 9.43. The lowest BCUT2D eigenvalue weighted by Gasteiger charge is -2.49. The maximum Gasteiger partial charge on any atom is 0.162 e. The van der Waals surface area contributed by atoms with Gasteiger partial charge >= 0.3 is 0 Å². The van der Waals surface area contributed by atoms with Crippen LogP contribution in [0.15, 0.2) is 83.2 Å². The summed E-state index contributed by atoms with van der Waals surface area (Å²) in [5.74, 6) is -0.602. The second-order valence-corrected chi connectivity index (χ2v) is 14.4. The van der Waals surface area contributed by atoms with Crippen LogP contribution in [0.25, 0.3) is 10.8 Å². The van der Waals surface area contributed by atoms with E-state index in [1.54, 1.807) is 0 Å². The first-order valence-corrected chi connectivity index (χ1v) is 16.2. The lowest BCUT2D eigenvalue weighted by Crippen LogP contribution is -2.45. The Morgan fingerprint density at radius 3 is 2.09 bits per heavy atom. The Kier molecular flexibility index (Phi) is 8.30. The Morgan fingerprint density at radius 2 is 1.46 bits per heavy atom. The van der Waals surface area contributed by atoms with Gasteiger partial charge in [-0.25, -0.2) is 0 Å². The summed E-state index contributed by atoms with van der Waals surface area (Å²) < 4.78 is 12.5. The highest BCUT2D eigenvalue weighted by atomic mass is 16.5. The minimum atomic E-state index is -1.16. The number of aliphatic carboxylic acids is 1. The molecular formula is C39H42NO6-. The van der Waals surface area contributed by atoms with Gasteiger partial charge in [0.1, 0.15) is 6.61 Å². The van der Waals surface area contributed by atoms with Crippen molar-refractivity contribution in [2.75, 3.05) is 13.2 Å². The molecule has 7 heteroatoms. The number of ether oxygens (including phenoxy) is 2. The topological polar surface area (TPSA) is 96.0 Å². The summed E-state index contributed by atoms with van der Waals surface area (Å²) in [4.78, 5) is 41.7. The van der Waals surface area contributed by atoms with Gasteiger partial charge in [-0.1, -0.05) is 76.2 Å². The summed E-state index contributed by atoms with van der Waals surface area (Å²) in [5.41, 5.74) is 4.08. The summed E-state index contributed by atoms with van der Waals surface area (Å²) in [6, 6.07) is 20.1. The van der Waals surface area contributed by atoms with Crippen molar-refractivity contribution in [2.45, 2.75) is 79.2 Å². The number of hydrogen-bond donors (Lipinski definition) is 0. The third kappa shape index (κ3) is 6.07. The SMILES string of the molecule is CCOc1cc(C2C3=C(CC(C)(C)CC3=O)N(CCC(=O)[O-])C3=C2C(=O)CC(C)(C)C3)ccc1OCc1cccc2ccccc12. The summed E-state index contributed by atoms with van der Waals surface area (Å²) in [5, 5.41) is 13.9. The lowest BCUT2D eigenvalue weighted by atomic mass is 9.63. The molecule has 0 unspecified atom stereocenters. The molecule has 0 spiro atoms. The van der Waals surface area contributed by atoms with Gasteiger partial charge in [0.05, 0.1) is 6.61 Å². The van der Waals surface area contributed by atoms with E-state index in [4.69, 9.17) is 9.47 Å². The summed E-state index contributed by atoms with van der Waals surface area (Å²) in [7, 11) is 0. The van der Waals surface area contributed by atoms with E-state index in [9.17, 15) is 19.5 Å². The van der Waals surface area contributed by atoms with Crippen LogP contribution in [0.3, 0.4) is 0 Å². The highest BCUT2D eigenvalue weighted by Crippen LogP contribution is 2.55. The van der Waals surface area contributed by atoms with Crippen LogP contribution in [0.1, 0.15) is 83.8 Å². The van der Waals surface area contributed by atoms with Crippen molar-refractivity contribution in [3.63, 3.8) is 0 Å². The van der Waals surface area contributed by atoms with Crippen LogP contribution < -0.4 is 14.6 Å². The number of carboxylic acid groups (broad SMARTS) is 1. The van der Waals surface area contributed by atoms with Crippen molar-refractivity contribution >= 4 is 28.3 Å². The van der Waals surface area contributed by atoms with Gasteiger partial charge in [0.25, 0.3) is 0 Å². The van der Waals surface area contributed by atoms with E-state index in [2.05, 4.69) is 52.0 Å². The molecule has 2 aliphatic carbocycles. The molecule has 7 nitrogen and oxygen atoms in total. The van der Waals surface area contributed by atoms with Gasteiger partial charge in [-0.05, 0) is 64.6 Å². The number of carbonyl (C=O) groups excluding carboxylic acids is 3. The number of hydrogen-bond acceptors (Lipinski definition) is 7. The number of carboxylic acids is 1. The number of Topliss-reactive ketones (excluding diaryl/α,β-unsaturated/α-hetero) is 2. The number of ketones is 2. The average Bonchev–Trinajstić information content (AvgIpc) is 2.98. The molecule has 1 heterocycles. The molecule has 0 bridgehead atoms. The van der Waals surface area contributed by atoms with Crippen LogP contribution in [0.5, 0.6) is 11.5 Å². The first kappa shape index (κ1) is 31.6. The molecule has 0 radical (unpaired) electrons. The Bertz CT molecular complexity index is 1740. The van der Waals surface area contributed by atoms with E-state index in [-0.39, 0.29) is 35.4 Å². The molecule has 240 valence electrons. The van der Waals surface area contributed by atoms with E-state index in [0.29, 0.717) is 61.5 Å². The van der Waals surface area contributed by atoms with Gasteiger partial charge < -0.3 is 24.3 Å². The van der Waals surface area contributed by atoms with Crippen molar-refractivity contribution in [3.05, 3.63) is 94.3 Å². The number of carbonyl (C=O) groups is 3. The predicted octanol–water partition coefficient (Wildman–Crippen LogP) is 6.64. The van der Waals surface area contributed by atoms with E-state index in [0.717, 1.165) is 33.3 Å². The summed E-state index contributed by atoms with van der Waals surface area (Å²) in [6.45, 7) is 11.1. The fourth-order valence-corrected chi connectivity index (χ4v) is 7.52. The first-order valence-electron chi connectivity index (χ1n) is 16.2. The largest absolute Gasteiger partial charge is 0.550 e. The Hall–Kier alpha value is -4.39. The molecule has 0 saturated carbocycles. The van der Waals surface area contributed by atoms with Crippen LogP contribution in [0, 0.1) is 10.8 Å². The molecule has 0 aromatic heterocycles. The maximum atomic E-state index is 14.1. The molecule has 3 aromatic carbocycles. The van der Waals surface area contributed by atoms with Crippen molar-refractivity contribution in [1.29, 1.82) is 0 Å². The van der Waals surface area contributed by atoms with E-state index in [1.165, 1.54) is 0 Å². The van der Waals surface area contributed by atoms with Gasteiger partial charge in [-0.15, -0.1) is 0 Å². The Balaban J connectivity index is 1.45. The lowest BCUT2D eigenvalue weighted by molar-refractivity contribution is -0.305. The van der Waals surface area contributed by atoms with Gasteiger partial charge in [-0.3, -0.25) is 9.59 Å². The first-order chi connectivity index (χ1) is 21.9. The second kappa shape index (κ2) is 12.1. The zero-order valence-electron chi connectivity index (χ0n) is 27.4. The third-order valence-corrected chi connectivity index (χ3v) is 9.43. The van der Waals surface area contributed by atoms with Crippen LogP contribution in [0.2, 0.25) is 0 Å². The van der Waals surface area contributed by atoms with E-state index >= 15 is 0 Å². The number of rotatable bonds is 9. The van der Waals surface area contributed by atoms with Gasteiger partial charge in [0, 0.05) is 60.2 Å². The Morgan fingerprint density at radius 1 is 0.826 bits per heavy atom. The molecule has 3 aliphatic rings. The van der Waals surface area contributed by atoms with Crippen LogP contribution >= 0.6 is 0 Å². The molecule has 0 N–H and O–H groups in total. The fraction of sp³-hybridized carbons (Fsp3) is 0.410. The zero-order chi connectivity index (χ0) is 32.8. The molecule has 0 atom stereocenters. The van der Waals surface area contributed by atoms with Gasteiger partial charge in [0.2, 0.25) is 0 Å². The number of fused-ring (bicyclic) bond motifs is 1. The van der Waals surface area contributed by atoms with Crippen LogP contribution in [-0.2, 0) is 21.0 Å². The highest BCUT2D eigenvalue weighted by Gasteiger charge is 2.49. The molecule has 3 aromatic rings. The van der Waals surface area contributed by atoms with Crippen molar-refractivity contribution in [1.82, 2.24) is 4.90 Å². The molecule has 0 saturated heterocycles. The molecule has 46 heavy (non-hydrogen) atoms. The number of benzene rings is 3. The number of nitrogens with zero attached hydrogens (tertiary/aromatic N) is 1. The van der Waals surface area contributed by atoms with Gasteiger partial charge in [-0.2, -0.15) is 0 Å². The molecule has 1 aliphatic heterocycles.